The van der Waals surface area contributed by atoms with Crippen molar-refractivity contribution in [2.24, 2.45) is 0 Å². The summed E-state index contributed by atoms with van der Waals surface area (Å²) in [7, 11) is 0. The average molecular weight is 257 g/mol. The second-order valence-corrected chi connectivity index (χ2v) is 4.66. The molecule has 3 nitrogen and oxygen atoms in total. The van der Waals surface area contributed by atoms with Crippen LogP contribution >= 0.6 is 0 Å². The quantitative estimate of drug-likeness (QED) is 0.787. The van der Waals surface area contributed by atoms with E-state index in [-0.39, 0.29) is 5.97 Å². The van der Waals surface area contributed by atoms with Crippen molar-refractivity contribution in [3.8, 4) is 0 Å². The van der Waals surface area contributed by atoms with Gasteiger partial charge < -0.3 is 9.30 Å². The molecule has 0 unspecified atom stereocenters. The predicted molar refractivity (Wildman–Crippen MR) is 75.4 cm³/mol. The number of ether oxygens (including phenoxy) is 1. The number of esters is 1. The van der Waals surface area contributed by atoms with Gasteiger partial charge in [0.05, 0.1) is 6.61 Å². The summed E-state index contributed by atoms with van der Waals surface area (Å²) in [6.45, 7) is 7.09. The second kappa shape index (κ2) is 5.74. The number of rotatable bonds is 4. The standard InChI is InChI=1S/C16H19NO2/c1-4-19-16(18)15-6-5-9-17(15)11-14-8-7-12(2)13(3)10-14/h5-10H,4,11H2,1-3H3. The molecule has 100 valence electrons. The van der Waals surface area contributed by atoms with Crippen LogP contribution in [-0.2, 0) is 11.3 Å². The van der Waals surface area contributed by atoms with Gasteiger partial charge in [0.25, 0.3) is 0 Å². The Labute approximate surface area is 113 Å². The van der Waals surface area contributed by atoms with Crippen LogP contribution < -0.4 is 0 Å². The first-order chi connectivity index (χ1) is 9.11. The van der Waals surface area contributed by atoms with Crippen LogP contribution in [0.4, 0.5) is 0 Å². The molecule has 0 fully saturated rings. The number of benzene rings is 1. The minimum atomic E-state index is -0.267. The molecule has 0 spiro atoms. The highest BCUT2D eigenvalue weighted by molar-refractivity contribution is 5.87. The van der Waals surface area contributed by atoms with Gasteiger partial charge in [0, 0.05) is 12.7 Å². The SMILES string of the molecule is CCOC(=O)c1cccn1Cc1ccc(C)c(C)c1. The molecule has 0 aliphatic heterocycles. The normalized spacial score (nSPS) is 10.5. The third kappa shape index (κ3) is 3.05. The summed E-state index contributed by atoms with van der Waals surface area (Å²) >= 11 is 0. The molecule has 0 aliphatic rings. The fourth-order valence-electron chi connectivity index (χ4n) is 2.04. The van der Waals surface area contributed by atoms with E-state index in [1.165, 1.54) is 16.7 Å². The molecule has 0 aliphatic carbocycles. The molecule has 2 aromatic rings. The Kier molecular flexibility index (Phi) is 4.05. The van der Waals surface area contributed by atoms with Crippen molar-refractivity contribution in [1.29, 1.82) is 0 Å². The van der Waals surface area contributed by atoms with Crippen molar-refractivity contribution in [1.82, 2.24) is 4.57 Å². The summed E-state index contributed by atoms with van der Waals surface area (Å²) in [6, 6.07) is 10.0. The molecule has 1 aromatic heterocycles. The van der Waals surface area contributed by atoms with E-state index in [1.807, 2.05) is 23.8 Å². The zero-order chi connectivity index (χ0) is 13.8. The molecule has 0 bridgehead atoms. The summed E-state index contributed by atoms with van der Waals surface area (Å²) in [5.41, 5.74) is 4.33. The first-order valence-electron chi connectivity index (χ1n) is 6.50. The Hall–Kier alpha value is -2.03. The van der Waals surface area contributed by atoms with E-state index >= 15 is 0 Å². The monoisotopic (exact) mass is 257 g/mol. The molecular weight excluding hydrogens is 238 g/mol. The molecule has 0 radical (unpaired) electrons. The second-order valence-electron chi connectivity index (χ2n) is 4.66. The van der Waals surface area contributed by atoms with Crippen LogP contribution in [0, 0.1) is 13.8 Å². The van der Waals surface area contributed by atoms with Crippen molar-refractivity contribution >= 4 is 5.97 Å². The topological polar surface area (TPSA) is 31.2 Å². The minimum Gasteiger partial charge on any atom is -0.461 e. The van der Waals surface area contributed by atoms with E-state index in [4.69, 9.17) is 4.74 Å². The third-order valence-corrected chi connectivity index (χ3v) is 3.24. The highest BCUT2D eigenvalue weighted by atomic mass is 16.5. The Morgan fingerprint density at radius 1 is 1.21 bits per heavy atom. The highest BCUT2D eigenvalue weighted by Gasteiger charge is 2.11. The lowest BCUT2D eigenvalue weighted by Crippen LogP contribution is -2.12. The van der Waals surface area contributed by atoms with E-state index in [1.54, 1.807) is 6.07 Å². The van der Waals surface area contributed by atoms with Crippen LogP contribution in [0.15, 0.2) is 36.5 Å². The van der Waals surface area contributed by atoms with Gasteiger partial charge in [-0.05, 0) is 49.6 Å². The van der Waals surface area contributed by atoms with Crippen LogP contribution in [0.2, 0.25) is 0 Å². The van der Waals surface area contributed by atoms with Crippen LogP contribution in [-0.4, -0.2) is 17.1 Å². The maximum absolute atomic E-state index is 11.8. The predicted octanol–water partition coefficient (Wildman–Crippen LogP) is 3.33. The maximum atomic E-state index is 11.8. The molecule has 0 atom stereocenters. The zero-order valence-electron chi connectivity index (χ0n) is 11.6. The maximum Gasteiger partial charge on any atom is 0.354 e. The van der Waals surface area contributed by atoms with Crippen molar-refractivity contribution in [3.05, 3.63) is 58.9 Å². The lowest BCUT2D eigenvalue weighted by molar-refractivity contribution is 0.0514. The minimum absolute atomic E-state index is 0.267. The molecule has 0 saturated heterocycles. The molecule has 3 heteroatoms. The fraction of sp³-hybridized carbons (Fsp3) is 0.312. The zero-order valence-corrected chi connectivity index (χ0v) is 11.6. The summed E-state index contributed by atoms with van der Waals surface area (Å²) in [6.07, 6.45) is 1.90. The van der Waals surface area contributed by atoms with Gasteiger partial charge in [-0.25, -0.2) is 4.79 Å². The van der Waals surface area contributed by atoms with Gasteiger partial charge in [0.1, 0.15) is 5.69 Å². The Morgan fingerprint density at radius 2 is 2.00 bits per heavy atom. The average Bonchev–Trinajstić information content (AvgIpc) is 2.82. The number of nitrogens with zero attached hydrogens (tertiary/aromatic N) is 1. The van der Waals surface area contributed by atoms with Gasteiger partial charge in [0.15, 0.2) is 0 Å². The van der Waals surface area contributed by atoms with Gasteiger partial charge >= 0.3 is 5.97 Å². The van der Waals surface area contributed by atoms with Crippen molar-refractivity contribution in [3.63, 3.8) is 0 Å². The Morgan fingerprint density at radius 3 is 2.68 bits per heavy atom. The van der Waals surface area contributed by atoms with Crippen LogP contribution in [0.3, 0.4) is 0 Å². The van der Waals surface area contributed by atoms with E-state index < -0.39 is 0 Å². The molecule has 0 saturated carbocycles. The molecule has 19 heavy (non-hydrogen) atoms. The van der Waals surface area contributed by atoms with Gasteiger partial charge in [0.2, 0.25) is 0 Å². The first-order valence-corrected chi connectivity index (χ1v) is 6.50. The lowest BCUT2D eigenvalue weighted by atomic mass is 10.1. The van der Waals surface area contributed by atoms with Crippen LogP contribution in [0.1, 0.15) is 34.1 Å². The van der Waals surface area contributed by atoms with E-state index in [0.717, 1.165) is 0 Å². The largest absolute Gasteiger partial charge is 0.461 e. The first kappa shape index (κ1) is 13.4. The number of hydrogen-bond acceptors (Lipinski definition) is 2. The summed E-state index contributed by atoms with van der Waals surface area (Å²) in [5.74, 6) is -0.267. The summed E-state index contributed by atoms with van der Waals surface area (Å²) in [4.78, 5) is 11.8. The number of aryl methyl sites for hydroxylation is 2. The fourth-order valence-corrected chi connectivity index (χ4v) is 2.04. The molecule has 0 N–H and O–H groups in total. The third-order valence-electron chi connectivity index (χ3n) is 3.24. The Balaban J connectivity index is 2.21. The van der Waals surface area contributed by atoms with E-state index in [2.05, 4.69) is 32.0 Å². The van der Waals surface area contributed by atoms with Gasteiger partial charge in [-0.3, -0.25) is 0 Å². The number of carbonyl (C=O) groups excluding carboxylic acids is 1. The van der Waals surface area contributed by atoms with Gasteiger partial charge in [-0.2, -0.15) is 0 Å². The highest BCUT2D eigenvalue weighted by Crippen LogP contribution is 2.13. The van der Waals surface area contributed by atoms with E-state index in [9.17, 15) is 4.79 Å². The van der Waals surface area contributed by atoms with E-state index in [0.29, 0.717) is 18.8 Å². The van der Waals surface area contributed by atoms with Crippen molar-refractivity contribution < 1.29 is 9.53 Å². The van der Waals surface area contributed by atoms with Crippen LogP contribution in [0.5, 0.6) is 0 Å². The molecule has 0 amide bonds. The van der Waals surface area contributed by atoms with Gasteiger partial charge in [-0.15, -0.1) is 0 Å². The van der Waals surface area contributed by atoms with Gasteiger partial charge in [-0.1, -0.05) is 18.2 Å². The lowest BCUT2D eigenvalue weighted by Gasteiger charge is -2.10. The molecule has 2 rings (SSSR count). The van der Waals surface area contributed by atoms with Crippen molar-refractivity contribution in [2.75, 3.05) is 6.61 Å². The number of carbonyl (C=O) groups is 1. The van der Waals surface area contributed by atoms with Crippen LogP contribution in [0.25, 0.3) is 0 Å². The smallest absolute Gasteiger partial charge is 0.354 e. The summed E-state index contributed by atoms with van der Waals surface area (Å²) < 4.78 is 6.97. The van der Waals surface area contributed by atoms with Crippen molar-refractivity contribution in [2.45, 2.75) is 27.3 Å². The molecular formula is C16H19NO2. The molecule has 1 aromatic carbocycles. The number of hydrogen-bond donors (Lipinski definition) is 0. The Bertz CT molecular complexity index is 584. The summed E-state index contributed by atoms with van der Waals surface area (Å²) in [5, 5.41) is 0. The number of aromatic nitrogens is 1. The molecule has 1 heterocycles.